The van der Waals surface area contributed by atoms with E-state index in [0.29, 0.717) is 5.92 Å². The molecule has 1 aliphatic carbocycles. The van der Waals surface area contributed by atoms with Gasteiger partial charge < -0.3 is 4.74 Å². The lowest BCUT2D eigenvalue weighted by Crippen LogP contribution is -2.31. The summed E-state index contributed by atoms with van der Waals surface area (Å²) in [5.41, 5.74) is 1.57. The molecule has 0 radical (unpaired) electrons. The summed E-state index contributed by atoms with van der Waals surface area (Å²) in [6, 6.07) is 0. The normalized spacial score (nSPS) is 23.8. The smallest absolute Gasteiger partial charge is 0.302 e. The van der Waals surface area contributed by atoms with Crippen molar-refractivity contribution in [1.29, 1.82) is 0 Å². The standard InChI is InChI=1S/C18H30O2/c1-8-16(20-14(3)19)17(4,5)12-11-15-10-9-13(2)18(15,6)7/h9,11-12,15-16H,8,10H2,1-7H3/b12-11+/t15-,16+/m0/s1. The summed E-state index contributed by atoms with van der Waals surface area (Å²) in [5.74, 6) is 0.341. The molecule has 0 unspecified atom stereocenters. The second-order valence-corrected chi connectivity index (χ2v) is 7.14. The number of hydrogen-bond donors (Lipinski definition) is 0. The highest BCUT2D eigenvalue weighted by Crippen LogP contribution is 2.44. The van der Waals surface area contributed by atoms with Crippen LogP contribution in [0.3, 0.4) is 0 Å². The Morgan fingerprint density at radius 2 is 2.15 bits per heavy atom. The van der Waals surface area contributed by atoms with Gasteiger partial charge in [-0.25, -0.2) is 0 Å². The fraction of sp³-hybridized carbons (Fsp3) is 0.722. The van der Waals surface area contributed by atoms with Gasteiger partial charge in [0, 0.05) is 12.3 Å². The van der Waals surface area contributed by atoms with Crippen molar-refractivity contribution in [3.05, 3.63) is 23.8 Å². The number of carbonyl (C=O) groups excluding carboxylic acids is 1. The topological polar surface area (TPSA) is 26.3 Å². The van der Waals surface area contributed by atoms with Gasteiger partial charge in [0.2, 0.25) is 0 Å². The molecule has 1 aliphatic rings. The summed E-state index contributed by atoms with van der Waals surface area (Å²) in [4.78, 5) is 11.2. The lowest BCUT2D eigenvalue weighted by atomic mass is 9.75. The largest absolute Gasteiger partial charge is 0.462 e. The minimum atomic E-state index is -0.197. The third kappa shape index (κ3) is 3.74. The molecule has 2 atom stereocenters. The molecule has 1 rings (SSSR count). The van der Waals surface area contributed by atoms with E-state index in [4.69, 9.17) is 4.74 Å². The van der Waals surface area contributed by atoms with E-state index in [1.54, 1.807) is 0 Å². The van der Waals surface area contributed by atoms with Crippen molar-refractivity contribution >= 4 is 5.97 Å². The van der Waals surface area contributed by atoms with Crippen LogP contribution in [0.15, 0.2) is 23.8 Å². The van der Waals surface area contributed by atoms with Gasteiger partial charge in [-0.1, -0.05) is 58.4 Å². The second-order valence-electron chi connectivity index (χ2n) is 7.14. The van der Waals surface area contributed by atoms with Gasteiger partial charge in [-0.2, -0.15) is 0 Å². The van der Waals surface area contributed by atoms with Gasteiger partial charge in [-0.15, -0.1) is 0 Å². The SMILES string of the molecule is CC[C@@H](OC(C)=O)C(C)(C)/C=C/[C@@H]1CC=C(C)C1(C)C. The van der Waals surface area contributed by atoms with Crippen LogP contribution in [0.25, 0.3) is 0 Å². The highest BCUT2D eigenvalue weighted by Gasteiger charge is 2.34. The molecule has 0 saturated heterocycles. The Bertz CT molecular complexity index is 413. The molecule has 0 aliphatic heterocycles. The van der Waals surface area contributed by atoms with Crippen LogP contribution in [0.2, 0.25) is 0 Å². The van der Waals surface area contributed by atoms with E-state index in [1.807, 2.05) is 0 Å². The zero-order valence-corrected chi connectivity index (χ0v) is 14.1. The first-order valence-electron chi connectivity index (χ1n) is 7.65. The maximum atomic E-state index is 11.2. The predicted molar refractivity (Wildman–Crippen MR) is 84.4 cm³/mol. The average molecular weight is 278 g/mol. The van der Waals surface area contributed by atoms with Crippen molar-refractivity contribution in [3.8, 4) is 0 Å². The molecule has 2 heteroatoms. The van der Waals surface area contributed by atoms with Crippen molar-refractivity contribution in [2.45, 2.75) is 67.4 Å². The van der Waals surface area contributed by atoms with Crippen LogP contribution < -0.4 is 0 Å². The number of carbonyl (C=O) groups is 1. The van der Waals surface area contributed by atoms with Crippen LogP contribution in [-0.2, 0) is 9.53 Å². The van der Waals surface area contributed by atoms with E-state index < -0.39 is 0 Å². The Balaban J connectivity index is 2.80. The van der Waals surface area contributed by atoms with Gasteiger partial charge in [-0.3, -0.25) is 4.79 Å². The Morgan fingerprint density at radius 3 is 2.55 bits per heavy atom. The fourth-order valence-electron chi connectivity index (χ4n) is 2.91. The molecule has 114 valence electrons. The molecule has 0 fully saturated rings. The van der Waals surface area contributed by atoms with Gasteiger partial charge in [0.1, 0.15) is 6.10 Å². The van der Waals surface area contributed by atoms with Crippen molar-refractivity contribution in [3.63, 3.8) is 0 Å². The first kappa shape index (κ1) is 17.0. The van der Waals surface area contributed by atoms with Crippen molar-refractivity contribution < 1.29 is 9.53 Å². The molecule has 0 amide bonds. The molecule has 0 saturated carbocycles. The van der Waals surface area contributed by atoms with Gasteiger partial charge in [0.05, 0.1) is 0 Å². The minimum absolute atomic E-state index is 0.0604. The Kier molecular flexibility index (Phi) is 5.23. The summed E-state index contributed by atoms with van der Waals surface area (Å²) < 4.78 is 5.45. The van der Waals surface area contributed by atoms with E-state index in [9.17, 15) is 4.79 Å². The van der Waals surface area contributed by atoms with E-state index in [1.165, 1.54) is 12.5 Å². The fourth-order valence-corrected chi connectivity index (χ4v) is 2.91. The third-order valence-corrected chi connectivity index (χ3v) is 4.89. The highest BCUT2D eigenvalue weighted by atomic mass is 16.5. The second kappa shape index (κ2) is 6.15. The van der Waals surface area contributed by atoms with Crippen LogP contribution >= 0.6 is 0 Å². The van der Waals surface area contributed by atoms with E-state index in [2.05, 4.69) is 59.8 Å². The molecule has 2 nitrogen and oxygen atoms in total. The first-order valence-corrected chi connectivity index (χ1v) is 7.65. The third-order valence-electron chi connectivity index (χ3n) is 4.89. The Morgan fingerprint density at radius 1 is 1.55 bits per heavy atom. The molecule has 0 aromatic rings. The van der Waals surface area contributed by atoms with Crippen LogP contribution in [0, 0.1) is 16.7 Å². The molecular weight excluding hydrogens is 248 g/mol. The predicted octanol–water partition coefficient (Wildman–Crippen LogP) is 4.90. The van der Waals surface area contributed by atoms with Crippen molar-refractivity contribution in [1.82, 2.24) is 0 Å². The maximum Gasteiger partial charge on any atom is 0.302 e. The summed E-state index contributed by atoms with van der Waals surface area (Å²) in [7, 11) is 0. The Hall–Kier alpha value is -1.05. The quantitative estimate of drug-likeness (QED) is 0.528. The highest BCUT2D eigenvalue weighted by molar-refractivity contribution is 5.66. The van der Waals surface area contributed by atoms with Gasteiger partial charge in [0.15, 0.2) is 0 Å². The number of ether oxygens (including phenoxy) is 1. The zero-order chi connectivity index (χ0) is 15.6. The maximum absolute atomic E-state index is 11.2. The number of hydrogen-bond acceptors (Lipinski definition) is 2. The molecule has 0 spiro atoms. The minimum Gasteiger partial charge on any atom is -0.462 e. The first-order chi connectivity index (χ1) is 9.11. The molecule has 20 heavy (non-hydrogen) atoms. The van der Waals surface area contributed by atoms with Crippen LogP contribution in [0.5, 0.6) is 0 Å². The lowest BCUT2D eigenvalue weighted by Gasteiger charge is -2.32. The van der Waals surface area contributed by atoms with Crippen molar-refractivity contribution in [2.24, 2.45) is 16.7 Å². The van der Waals surface area contributed by atoms with Crippen molar-refractivity contribution in [2.75, 3.05) is 0 Å². The molecule has 0 heterocycles. The van der Waals surface area contributed by atoms with E-state index in [-0.39, 0.29) is 22.9 Å². The average Bonchev–Trinajstić information content (AvgIpc) is 2.58. The van der Waals surface area contributed by atoms with Gasteiger partial charge in [-0.05, 0) is 31.1 Å². The van der Waals surface area contributed by atoms with Gasteiger partial charge >= 0.3 is 5.97 Å². The number of esters is 1. The molecule has 0 aromatic carbocycles. The lowest BCUT2D eigenvalue weighted by molar-refractivity contribution is -0.151. The summed E-state index contributed by atoms with van der Waals surface area (Å²) in [6.45, 7) is 14.6. The van der Waals surface area contributed by atoms with E-state index in [0.717, 1.165) is 12.8 Å². The van der Waals surface area contributed by atoms with E-state index >= 15 is 0 Å². The number of rotatable bonds is 5. The van der Waals surface area contributed by atoms with Crippen LogP contribution in [0.1, 0.15) is 61.3 Å². The zero-order valence-electron chi connectivity index (χ0n) is 14.1. The summed E-state index contributed by atoms with van der Waals surface area (Å²) in [5, 5.41) is 0. The summed E-state index contributed by atoms with van der Waals surface area (Å²) >= 11 is 0. The van der Waals surface area contributed by atoms with Gasteiger partial charge in [0.25, 0.3) is 0 Å². The summed E-state index contributed by atoms with van der Waals surface area (Å²) in [6.07, 6.45) is 8.78. The molecular formula is C18H30O2. The molecule has 0 N–H and O–H groups in total. The number of allylic oxidation sites excluding steroid dienone is 3. The van der Waals surface area contributed by atoms with Crippen LogP contribution in [0.4, 0.5) is 0 Å². The van der Waals surface area contributed by atoms with Crippen LogP contribution in [-0.4, -0.2) is 12.1 Å². The molecule has 0 bridgehead atoms. The molecule has 0 aromatic heterocycles. The Labute approximate surface area is 124 Å². The monoisotopic (exact) mass is 278 g/mol.